The first-order valence-electron chi connectivity index (χ1n) is 5.14. The van der Waals surface area contributed by atoms with Gasteiger partial charge in [-0.3, -0.25) is 0 Å². The van der Waals surface area contributed by atoms with Crippen LogP contribution in [-0.4, -0.2) is 6.54 Å². The van der Waals surface area contributed by atoms with Crippen molar-refractivity contribution in [2.24, 2.45) is 5.73 Å². The van der Waals surface area contributed by atoms with E-state index in [4.69, 9.17) is 5.73 Å². The van der Waals surface area contributed by atoms with Gasteiger partial charge in [-0.2, -0.15) is 0 Å². The fourth-order valence-electron chi connectivity index (χ4n) is 0.854. The Morgan fingerprint density at radius 3 is 1.50 bits per heavy atom. The van der Waals surface area contributed by atoms with Gasteiger partial charge in [0.25, 0.3) is 0 Å². The maximum atomic E-state index is 4.91. The van der Waals surface area contributed by atoms with Crippen molar-refractivity contribution in [3.05, 3.63) is 12.7 Å². The second kappa shape index (κ2) is 17.0. The van der Waals surface area contributed by atoms with Crippen molar-refractivity contribution < 1.29 is 0 Å². The summed E-state index contributed by atoms with van der Waals surface area (Å²) in [6.07, 6.45) is 10.1. The Kier molecular flexibility index (Phi) is 20.1. The fraction of sp³-hybridized carbons (Fsp3) is 0.818. The highest BCUT2D eigenvalue weighted by molar-refractivity contribution is 4.64. The maximum Gasteiger partial charge on any atom is 0.0104 e. The highest BCUT2D eigenvalue weighted by Crippen LogP contribution is 2.03. The molecule has 0 aliphatic carbocycles. The SMILES string of the molecule is C=CCN.CCCCCCCC. The lowest BCUT2D eigenvalue weighted by Crippen LogP contribution is -1.90. The Morgan fingerprint density at radius 1 is 1.00 bits per heavy atom. The minimum Gasteiger partial charge on any atom is -0.327 e. The van der Waals surface area contributed by atoms with Gasteiger partial charge in [-0.15, -0.1) is 6.58 Å². The average Bonchev–Trinajstić information content (AvgIpc) is 2.13. The number of hydrogen-bond acceptors (Lipinski definition) is 1. The largest absolute Gasteiger partial charge is 0.327 e. The summed E-state index contributed by atoms with van der Waals surface area (Å²) in [6.45, 7) is 8.45. The molecule has 0 fully saturated rings. The van der Waals surface area contributed by atoms with Crippen LogP contribution < -0.4 is 5.73 Å². The molecule has 0 aromatic rings. The molecule has 0 rings (SSSR count). The van der Waals surface area contributed by atoms with Crippen LogP contribution in [0.15, 0.2) is 12.7 Å². The molecule has 0 amide bonds. The second-order valence-electron chi connectivity index (χ2n) is 2.94. The lowest BCUT2D eigenvalue weighted by Gasteiger charge is -1.93. The van der Waals surface area contributed by atoms with Crippen molar-refractivity contribution in [1.29, 1.82) is 0 Å². The van der Waals surface area contributed by atoms with Crippen LogP contribution in [0.1, 0.15) is 52.4 Å². The summed E-state index contributed by atoms with van der Waals surface area (Å²) < 4.78 is 0. The molecule has 0 spiro atoms. The molecule has 0 atom stereocenters. The Hall–Kier alpha value is -0.300. The third-order valence-electron chi connectivity index (χ3n) is 1.62. The lowest BCUT2D eigenvalue weighted by molar-refractivity contribution is 0.624. The zero-order chi connectivity index (χ0) is 9.66. The topological polar surface area (TPSA) is 26.0 Å². The Labute approximate surface area is 78.0 Å². The molecule has 74 valence electrons. The van der Waals surface area contributed by atoms with E-state index in [1.54, 1.807) is 6.08 Å². The van der Waals surface area contributed by atoms with Crippen molar-refractivity contribution in [1.82, 2.24) is 0 Å². The summed E-state index contributed by atoms with van der Waals surface area (Å²) in [7, 11) is 0. The molecule has 0 bridgehead atoms. The van der Waals surface area contributed by atoms with Crippen LogP contribution in [0.5, 0.6) is 0 Å². The molecule has 0 radical (unpaired) electrons. The molecule has 0 saturated carbocycles. The zero-order valence-corrected chi connectivity index (χ0v) is 8.81. The van der Waals surface area contributed by atoms with E-state index in [1.807, 2.05) is 0 Å². The van der Waals surface area contributed by atoms with Gasteiger partial charge in [0.2, 0.25) is 0 Å². The van der Waals surface area contributed by atoms with Crippen LogP contribution in [0.4, 0.5) is 0 Å². The molecular formula is C11H25N. The minimum atomic E-state index is 0.583. The summed E-state index contributed by atoms with van der Waals surface area (Å²) in [5.41, 5.74) is 4.91. The molecule has 1 nitrogen and oxygen atoms in total. The number of nitrogens with two attached hydrogens (primary N) is 1. The summed E-state index contributed by atoms with van der Waals surface area (Å²) in [5.74, 6) is 0. The quantitative estimate of drug-likeness (QED) is 0.480. The molecule has 0 unspecified atom stereocenters. The predicted molar refractivity (Wildman–Crippen MR) is 58.3 cm³/mol. The van der Waals surface area contributed by atoms with E-state index in [1.165, 1.54) is 38.5 Å². The normalized spacial score (nSPS) is 8.58. The molecular weight excluding hydrogens is 146 g/mol. The van der Waals surface area contributed by atoms with Crippen molar-refractivity contribution in [3.8, 4) is 0 Å². The van der Waals surface area contributed by atoms with Gasteiger partial charge in [0, 0.05) is 6.54 Å². The van der Waals surface area contributed by atoms with Crippen LogP contribution in [0.3, 0.4) is 0 Å². The Bertz CT molecular complexity index is 63.4. The summed E-state index contributed by atoms with van der Waals surface area (Å²) in [6, 6.07) is 0. The van der Waals surface area contributed by atoms with Gasteiger partial charge in [-0.25, -0.2) is 0 Å². The minimum absolute atomic E-state index is 0.583. The van der Waals surface area contributed by atoms with E-state index in [-0.39, 0.29) is 0 Å². The van der Waals surface area contributed by atoms with E-state index >= 15 is 0 Å². The number of rotatable bonds is 6. The van der Waals surface area contributed by atoms with E-state index in [0.717, 1.165) is 0 Å². The molecule has 0 heterocycles. The highest BCUT2D eigenvalue weighted by atomic mass is 14.5. The van der Waals surface area contributed by atoms with Gasteiger partial charge in [0.05, 0.1) is 0 Å². The van der Waals surface area contributed by atoms with Crippen molar-refractivity contribution in [3.63, 3.8) is 0 Å². The van der Waals surface area contributed by atoms with Crippen molar-refractivity contribution in [2.45, 2.75) is 52.4 Å². The summed E-state index contributed by atoms with van der Waals surface area (Å²) in [4.78, 5) is 0. The second-order valence-corrected chi connectivity index (χ2v) is 2.94. The van der Waals surface area contributed by atoms with Gasteiger partial charge >= 0.3 is 0 Å². The van der Waals surface area contributed by atoms with Gasteiger partial charge < -0.3 is 5.73 Å². The Balaban J connectivity index is 0. The standard InChI is InChI=1S/C8H18.C3H7N/c1-3-5-7-8-6-4-2;1-2-3-4/h3-8H2,1-2H3;2H,1,3-4H2. The van der Waals surface area contributed by atoms with E-state index in [2.05, 4.69) is 20.4 Å². The third-order valence-corrected chi connectivity index (χ3v) is 1.62. The van der Waals surface area contributed by atoms with Crippen LogP contribution >= 0.6 is 0 Å². The van der Waals surface area contributed by atoms with E-state index < -0.39 is 0 Å². The summed E-state index contributed by atoms with van der Waals surface area (Å²) in [5, 5.41) is 0. The summed E-state index contributed by atoms with van der Waals surface area (Å²) >= 11 is 0. The smallest absolute Gasteiger partial charge is 0.0104 e. The van der Waals surface area contributed by atoms with Crippen LogP contribution in [0, 0.1) is 0 Å². The van der Waals surface area contributed by atoms with Crippen molar-refractivity contribution in [2.75, 3.05) is 6.54 Å². The van der Waals surface area contributed by atoms with Gasteiger partial charge in [-0.1, -0.05) is 58.4 Å². The molecule has 0 aromatic heterocycles. The maximum absolute atomic E-state index is 4.91. The van der Waals surface area contributed by atoms with Gasteiger partial charge in [0.15, 0.2) is 0 Å². The average molecular weight is 171 g/mol. The molecule has 1 heteroatoms. The van der Waals surface area contributed by atoms with E-state index in [0.29, 0.717) is 6.54 Å². The van der Waals surface area contributed by atoms with E-state index in [9.17, 15) is 0 Å². The first kappa shape index (κ1) is 14.2. The molecule has 0 aliphatic heterocycles. The zero-order valence-electron chi connectivity index (χ0n) is 8.81. The fourth-order valence-corrected chi connectivity index (χ4v) is 0.854. The number of hydrogen-bond donors (Lipinski definition) is 1. The highest BCUT2D eigenvalue weighted by Gasteiger charge is 1.83. The predicted octanol–water partition coefficient (Wildman–Crippen LogP) is 3.50. The van der Waals surface area contributed by atoms with Crippen molar-refractivity contribution >= 4 is 0 Å². The van der Waals surface area contributed by atoms with Crippen LogP contribution in [-0.2, 0) is 0 Å². The van der Waals surface area contributed by atoms with Gasteiger partial charge in [-0.05, 0) is 0 Å². The molecule has 12 heavy (non-hydrogen) atoms. The Morgan fingerprint density at radius 2 is 1.33 bits per heavy atom. The molecule has 0 aromatic carbocycles. The van der Waals surface area contributed by atoms with Crippen LogP contribution in [0.2, 0.25) is 0 Å². The third kappa shape index (κ3) is 22.6. The van der Waals surface area contributed by atoms with Crippen LogP contribution in [0.25, 0.3) is 0 Å². The lowest BCUT2D eigenvalue weighted by atomic mass is 10.1. The molecule has 0 saturated heterocycles. The first-order chi connectivity index (χ1) is 5.83. The monoisotopic (exact) mass is 171 g/mol. The first-order valence-corrected chi connectivity index (χ1v) is 5.14. The number of unbranched alkanes of at least 4 members (excludes halogenated alkanes) is 5. The molecule has 0 aliphatic rings. The molecule has 2 N–H and O–H groups in total. The van der Waals surface area contributed by atoms with Gasteiger partial charge in [0.1, 0.15) is 0 Å².